The van der Waals surface area contributed by atoms with Crippen molar-refractivity contribution < 1.29 is 14.3 Å². The van der Waals surface area contributed by atoms with Crippen LogP contribution in [0.25, 0.3) is 10.1 Å². The average Bonchev–Trinajstić information content (AvgIpc) is 3.69. The van der Waals surface area contributed by atoms with Gasteiger partial charge in [-0.1, -0.05) is 37.1 Å². The Bertz CT molecular complexity index is 1400. The third-order valence-electron chi connectivity index (χ3n) is 10.7. The van der Waals surface area contributed by atoms with Crippen LogP contribution in [0.4, 0.5) is 5.69 Å². The van der Waals surface area contributed by atoms with Crippen molar-refractivity contribution in [2.75, 3.05) is 31.1 Å². The zero-order valence-corrected chi connectivity index (χ0v) is 24.8. The third kappa shape index (κ3) is 4.84. The van der Waals surface area contributed by atoms with Gasteiger partial charge in [0.1, 0.15) is 11.6 Å². The fourth-order valence-corrected chi connectivity index (χ4v) is 9.60. The molecule has 216 valence electrons. The van der Waals surface area contributed by atoms with Gasteiger partial charge in [-0.05, 0) is 69.7 Å². The van der Waals surface area contributed by atoms with Gasteiger partial charge in [0, 0.05) is 71.4 Å². The first kappa shape index (κ1) is 27.2. The molecule has 6 nitrogen and oxygen atoms in total. The van der Waals surface area contributed by atoms with Crippen LogP contribution in [-0.4, -0.2) is 48.4 Å². The number of piperidine rings is 1. The van der Waals surface area contributed by atoms with Crippen molar-refractivity contribution in [2.45, 2.75) is 88.2 Å². The van der Waals surface area contributed by atoms with Gasteiger partial charge in [0.05, 0.1) is 16.7 Å². The summed E-state index contributed by atoms with van der Waals surface area (Å²) in [4.78, 5) is 34.0. The Hall–Kier alpha value is -2.61. The molecule has 41 heavy (non-hydrogen) atoms. The van der Waals surface area contributed by atoms with Crippen molar-refractivity contribution in [2.24, 2.45) is 5.41 Å². The maximum atomic E-state index is 12.7. The van der Waals surface area contributed by atoms with E-state index in [1.54, 1.807) is 0 Å². The Morgan fingerprint density at radius 2 is 1.68 bits per heavy atom. The molecule has 1 unspecified atom stereocenters. The lowest BCUT2D eigenvalue weighted by molar-refractivity contribution is -0.136. The van der Waals surface area contributed by atoms with E-state index in [1.165, 1.54) is 52.0 Å². The van der Waals surface area contributed by atoms with Crippen LogP contribution in [0.1, 0.15) is 81.2 Å². The number of anilines is 1. The zero-order valence-electron chi connectivity index (χ0n) is 24.0. The van der Waals surface area contributed by atoms with E-state index in [-0.39, 0.29) is 22.6 Å². The number of nitrogens with one attached hydrogen (secondary N) is 1. The molecular formula is C34H41N3O3S. The number of aromatic nitrogens is 1. The summed E-state index contributed by atoms with van der Waals surface area (Å²) in [5.74, 6) is 0.349. The molecule has 1 atom stereocenters. The average molecular weight is 572 g/mol. The summed E-state index contributed by atoms with van der Waals surface area (Å²) in [5.41, 5.74) is 1.88. The molecule has 2 saturated heterocycles. The molecule has 4 fully saturated rings. The first-order valence-corrected chi connectivity index (χ1v) is 16.4. The van der Waals surface area contributed by atoms with Crippen LogP contribution in [0.2, 0.25) is 0 Å². The van der Waals surface area contributed by atoms with E-state index in [0.29, 0.717) is 25.7 Å². The molecule has 0 radical (unpaired) electrons. The van der Waals surface area contributed by atoms with Crippen LogP contribution in [-0.2, 0) is 26.3 Å². The summed E-state index contributed by atoms with van der Waals surface area (Å²) < 4.78 is 7.75. The number of rotatable bonds is 7. The minimum Gasteiger partial charge on any atom is -0.375 e. The van der Waals surface area contributed by atoms with Crippen LogP contribution in [0.5, 0.6) is 0 Å². The summed E-state index contributed by atoms with van der Waals surface area (Å²) in [6.45, 7) is 4.07. The summed E-state index contributed by atoms with van der Waals surface area (Å²) in [6, 6.07) is 15.0. The predicted molar refractivity (Wildman–Crippen MR) is 164 cm³/mol. The minimum absolute atomic E-state index is 0.0299. The molecule has 0 bridgehead atoms. The lowest BCUT2D eigenvalue weighted by atomic mass is 9.68. The van der Waals surface area contributed by atoms with E-state index in [1.807, 2.05) is 23.6 Å². The Kier molecular flexibility index (Phi) is 7.24. The normalized spacial score (nSPS) is 25.6. The van der Waals surface area contributed by atoms with Crippen molar-refractivity contribution in [1.82, 2.24) is 10.3 Å². The van der Waals surface area contributed by atoms with Crippen molar-refractivity contribution >= 4 is 38.7 Å². The number of fused-ring (bicyclic) bond motifs is 1. The van der Waals surface area contributed by atoms with Gasteiger partial charge in [-0.2, -0.15) is 0 Å². The summed E-state index contributed by atoms with van der Waals surface area (Å²) >= 11 is 1.87. The van der Waals surface area contributed by atoms with E-state index in [4.69, 9.17) is 9.72 Å². The highest BCUT2D eigenvalue weighted by Crippen LogP contribution is 2.50. The fourth-order valence-electron chi connectivity index (χ4n) is 8.41. The van der Waals surface area contributed by atoms with Gasteiger partial charge in [-0.15, -0.1) is 11.3 Å². The number of nitrogens with zero attached hydrogens (tertiary/aromatic N) is 2. The highest BCUT2D eigenvalue weighted by Gasteiger charge is 2.51. The Labute approximate surface area is 246 Å². The van der Waals surface area contributed by atoms with Crippen molar-refractivity contribution in [3.05, 3.63) is 59.2 Å². The maximum Gasteiger partial charge on any atom is 0.146 e. The number of hydrogen-bond donors (Lipinski definition) is 1. The number of pyridine rings is 1. The van der Waals surface area contributed by atoms with Crippen LogP contribution in [0.3, 0.4) is 0 Å². The number of carbonyl (C=O) groups excluding carboxylic acids is 2. The number of carbonyl (C=O) groups is 2. The van der Waals surface area contributed by atoms with Gasteiger partial charge in [0.15, 0.2) is 0 Å². The molecular weight excluding hydrogens is 530 g/mol. The van der Waals surface area contributed by atoms with Gasteiger partial charge in [0.2, 0.25) is 0 Å². The number of Topliss-reactive ketones (excluding diaryl/α,β-unsaturated/α-hetero) is 2. The summed E-state index contributed by atoms with van der Waals surface area (Å²) in [7, 11) is 0. The molecule has 2 spiro atoms. The second-order valence-corrected chi connectivity index (χ2v) is 14.0. The van der Waals surface area contributed by atoms with Crippen LogP contribution < -0.4 is 10.2 Å². The number of ketones is 2. The number of thiophene rings is 1. The lowest BCUT2D eigenvalue weighted by Crippen LogP contribution is -2.47. The monoisotopic (exact) mass is 571 g/mol. The van der Waals surface area contributed by atoms with E-state index in [0.717, 1.165) is 52.0 Å². The van der Waals surface area contributed by atoms with E-state index in [9.17, 15) is 9.59 Å². The fraction of sp³-hybridized carbons (Fsp3) is 0.559. The molecule has 2 aliphatic carbocycles. The largest absolute Gasteiger partial charge is 0.375 e. The Morgan fingerprint density at radius 1 is 0.927 bits per heavy atom. The molecule has 2 aromatic heterocycles. The highest BCUT2D eigenvalue weighted by atomic mass is 32.1. The molecule has 4 heterocycles. The van der Waals surface area contributed by atoms with Crippen molar-refractivity contribution in [3.8, 4) is 0 Å². The van der Waals surface area contributed by atoms with Gasteiger partial charge < -0.3 is 15.0 Å². The van der Waals surface area contributed by atoms with Gasteiger partial charge in [0.25, 0.3) is 0 Å². The van der Waals surface area contributed by atoms with Gasteiger partial charge in [-0.3, -0.25) is 14.6 Å². The highest BCUT2D eigenvalue weighted by molar-refractivity contribution is 7.19. The maximum absolute atomic E-state index is 12.7. The smallest absolute Gasteiger partial charge is 0.146 e. The predicted octanol–water partition coefficient (Wildman–Crippen LogP) is 6.36. The number of ether oxygens (including phenoxy) is 1. The van der Waals surface area contributed by atoms with Crippen molar-refractivity contribution in [1.29, 1.82) is 0 Å². The van der Waals surface area contributed by atoms with E-state index < -0.39 is 5.41 Å². The molecule has 4 aliphatic rings. The van der Waals surface area contributed by atoms with Crippen LogP contribution in [0.15, 0.2) is 48.7 Å². The molecule has 3 aromatic rings. The van der Waals surface area contributed by atoms with Crippen LogP contribution in [0, 0.1) is 5.41 Å². The standard InChI is InChI=1S/C34H41N3O3S/c38-29-10-11-30(39)34(29)15-20-37(21-16-34)31-25-7-1-2-8-26(25)41-27(31)23-35-19-14-32(28-9-3-6-18-36-28)17-22-40-33(24-32)12-4-5-13-33/h1-3,6-9,18,35H,4-5,10-17,19-24H2. The Morgan fingerprint density at radius 3 is 2.44 bits per heavy atom. The van der Waals surface area contributed by atoms with E-state index in [2.05, 4.69) is 46.6 Å². The number of benzene rings is 1. The zero-order chi connectivity index (χ0) is 27.9. The third-order valence-corrected chi connectivity index (χ3v) is 11.8. The summed E-state index contributed by atoms with van der Waals surface area (Å²) in [6.07, 6.45) is 12.1. The molecule has 7 rings (SSSR count). The van der Waals surface area contributed by atoms with Gasteiger partial charge >= 0.3 is 0 Å². The molecule has 2 saturated carbocycles. The molecule has 2 aliphatic heterocycles. The molecule has 0 amide bonds. The second-order valence-electron chi connectivity index (χ2n) is 12.9. The molecule has 1 N–H and O–H groups in total. The topological polar surface area (TPSA) is 71.5 Å². The summed E-state index contributed by atoms with van der Waals surface area (Å²) in [5, 5.41) is 5.12. The minimum atomic E-state index is -0.707. The molecule has 1 aromatic carbocycles. The quantitative estimate of drug-likeness (QED) is 0.263. The SMILES string of the molecule is O=C1CCC(=O)C12CCN(c1c(CNCCC3(c4ccccn4)CCOC4(CCCC4)C3)sc3ccccc13)CC2. The van der Waals surface area contributed by atoms with Crippen molar-refractivity contribution in [3.63, 3.8) is 0 Å². The molecule has 7 heteroatoms. The number of hydrogen-bond acceptors (Lipinski definition) is 7. The first-order valence-electron chi connectivity index (χ1n) is 15.6. The first-order chi connectivity index (χ1) is 20.0. The van der Waals surface area contributed by atoms with Crippen LogP contribution >= 0.6 is 11.3 Å². The Balaban J connectivity index is 1.08. The van der Waals surface area contributed by atoms with Gasteiger partial charge in [-0.25, -0.2) is 0 Å². The van der Waals surface area contributed by atoms with E-state index >= 15 is 0 Å². The second kappa shape index (κ2) is 10.9. The lowest BCUT2D eigenvalue weighted by Gasteiger charge is -2.46.